The van der Waals surface area contributed by atoms with Crippen LogP contribution in [0.3, 0.4) is 0 Å². The fourth-order valence-electron chi connectivity index (χ4n) is 1.91. The van der Waals surface area contributed by atoms with Crippen molar-refractivity contribution in [1.29, 1.82) is 0 Å². The molecule has 2 aromatic rings. The van der Waals surface area contributed by atoms with Gasteiger partial charge in [-0.25, -0.2) is 0 Å². The maximum atomic E-state index is 12.9. The predicted molar refractivity (Wildman–Crippen MR) is 79.9 cm³/mol. The number of hydrogen-bond acceptors (Lipinski definition) is 2. The van der Waals surface area contributed by atoms with Crippen molar-refractivity contribution in [3.05, 3.63) is 70.2 Å². The molecule has 2 aromatic carbocycles. The van der Waals surface area contributed by atoms with Crippen molar-refractivity contribution >= 4 is 17.3 Å². The fourth-order valence-corrected chi connectivity index (χ4v) is 2.10. The Kier molecular flexibility index (Phi) is 5.08. The maximum absolute atomic E-state index is 12.9. The van der Waals surface area contributed by atoms with Crippen molar-refractivity contribution in [3.63, 3.8) is 0 Å². The molecule has 0 saturated carbocycles. The summed E-state index contributed by atoms with van der Waals surface area (Å²) in [5.41, 5.74) is 0.122. The van der Waals surface area contributed by atoms with E-state index in [0.717, 1.165) is 6.07 Å². The van der Waals surface area contributed by atoms with E-state index in [0.29, 0.717) is 10.6 Å². The van der Waals surface area contributed by atoms with Gasteiger partial charge in [0.05, 0.1) is 11.3 Å². The Hall–Kier alpha value is -2.01. The highest BCUT2D eigenvalue weighted by Crippen LogP contribution is 2.32. The number of hydrogen-bond donors (Lipinski definition) is 0. The van der Waals surface area contributed by atoms with Crippen molar-refractivity contribution in [2.45, 2.75) is 19.7 Å². The summed E-state index contributed by atoms with van der Waals surface area (Å²) in [6.07, 6.45) is -4.43. The van der Waals surface area contributed by atoms with Crippen LogP contribution in [0.25, 0.3) is 0 Å². The van der Waals surface area contributed by atoms with Gasteiger partial charge in [-0.15, -0.1) is 0 Å². The van der Waals surface area contributed by atoms with Crippen LogP contribution in [0.5, 0.6) is 0 Å². The molecule has 0 unspecified atom stereocenters. The average molecular weight is 328 g/mol. The van der Waals surface area contributed by atoms with E-state index in [4.69, 9.17) is 16.4 Å². The minimum absolute atomic E-state index is 0.00541. The maximum Gasteiger partial charge on any atom is 0.417 e. The van der Waals surface area contributed by atoms with Crippen molar-refractivity contribution < 1.29 is 18.0 Å². The van der Waals surface area contributed by atoms with Gasteiger partial charge in [-0.2, -0.15) is 13.2 Å². The van der Waals surface area contributed by atoms with E-state index in [-0.39, 0.29) is 17.9 Å². The quantitative estimate of drug-likeness (QED) is 0.551. The normalized spacial score (nSPS) is 12.3. The largest absolute Gasteiger partial charge is 0.417 e. The van der Waals surface area contributed by atoms with Gasteiger partial charge in [0.25, 0.3) is 0 Å². The summed E-state index contributed by atoms with van der Waals surface area (Å²) < 4.78 is 38.8. The zero-order valence-electron chi connectivity index (χ0n) is 11.7. The molecule has 0 spiro atoms. The molecule has 22 heavy (non-hydrogen) atoms. The molecule has 0 heterocycles. The molecule has 0 aromatic heterocycles. The first-order valence-corrected chi connectivity index (χ1v) is 6.84. The molecular weight excluding hydrogens is 315 g/mol. The zero-order chi connectivity index (χ0) is 16.2. The molecule has 2 rings (SSSR count). The summed E-state index contributed by atoms with van der Waals surface area (Å²) in [6.45, 7) is 1.56. The second-order valence-corrected chi connectivity index (χ2v) is 4.99. The van der Waals surface area contributed by atoms with Gasteiger partial charge in [0, 0.05) is 16.1 Å². The number of alkyl halides is 3. The number of benzene rings is 2. The monoisotopic (exact) mass is 327 g/mol. The van der Waals surface area contributed by atoms with Crippen LogP contribution >= 0.6 is 11.6 Å². The lowest BCUT2D eigenvalue weighted by molar-refractivity contribution is -0.137. The van der Waals surface area contributed by atoms with Gasteiger partial charge in [-0.05, 0) is 19.1 Å². The van der Waals surface area contributed by atoms with Crippen LogP contribution in [0, 0.1) is 0 Å². The van der Waals surface area contributed by atoms with Crippen molar-refractivity contribution in [2.75, 3.05) is 0 Å². The molecule has 0 radical (unpaired) electrons. The smallest absolute Gasteiger partial charge is 0.391 e. The topological polar surface area (TPSA) is 21.6 Å². The minimum Gasteiger partial charge on any atom is -0.391 e. The van der Waals surface area contributed by atoms with E-state index in [2.05, 4.69) is 5.16 Å². The summed E-state index contributed by atoms with van der Waals surface area (Å²) in [5, 5.41) is 4.28. The molecule has 0 atom stereocenters. The number of rotatable bonds is 4. The third kappa shape index (κ3) is 4.01. The minimum atomic E-state index is -4.43. The lowest BCUT2D eigenvalue weighted by Crippen LogP contribution is -2.12. The summed E-state index contributed by atoms with van der Waals surface area (Å²) in [6, 6.07) is 12.3. The molecule has 0 fully saturated rings. The fraction of sp³-hybridized carbons (Fsp3) is 0.188. The molecule has 0 amide bonds. The number of nitrogens with zero attached hydrogens (tertiary/aromatic N) is 1. The van der Waals surface area contributed by atoms with Crippen LogP contribution in [-0.2, 0) is 17.6 Å². The van der Waals surface area contributed by atoms with Gasteiger partial charge in [0.15, 0.2) is 0 Å². The van der Waals surface area contributed by atoms with Gasteiger partial charge < -0.3 is 4.84 Å². The number of oxime groups is 1. The highest BCUT2D eigenvalue weighted by atomic mass is 35.5. The Morgan fingerprint density at radius 1 is 1.09 bits per heavy atom. The average Bonchev–Trinajstić information content (AvgIpc) is 2.48. The van der Waals surface area contributed by atoms with E-state index in [1.807, 2.05) is 0 Å². The van der Waals surface area contributed by atoms with Crippen molar-refractivity contribution in [3.8, 4) is 0 Å². The molecule has 0 bridgehead atoms. The predicted octanol–water partition coefficient (Wildman–Crippen LogP) is 5.30. The standard InChI is InChI=1S/C16H13ClF3NO/c1-11(13-7-3-4-8-14(13)16(18,19)20)21-22-10-12-6-2-5-9-15(12)17/h2-9H,10H2,1H3/b21-11+. The summed E-state index contributed by atoms with van der Waals surface area (Å²) in [5.74, 6) is 0. The van der Waals surface area contributed by atoms with Crippen LogP contribution in [0.15, 0.2) is 53.7 Å². The van der Waals surface area contributed by atoms with Crippen LogP contribution < -0.4 is 0 Å². The lowest BCUT2D eigenvalue weighted by atomic mass is 10.0. The summed E-state index contributed by atoms with van der Waals surface area (Å²) in [4.78, 5) is 5.12. The van der Waals surface area contributed by atoms with E-state index >= 15 is 0 Å². The van der Waals surface area contributed by atoms with Crippen LogP contribution in [-0.4, -0.2) is 5.71 Å². The third-order valence-corrected chi connectivity index (χ3v) is 3.37. The first-order chi connectivity index (χ1) is 10.4. The highest BCUT2D eigenvalue weighted by molar-refractivity contribution is 6.31. The third-order valence-electron chi connectivity index (χ3n) is 3.00. The summed E-state index contributed by atoms with van der Waals surface area (Å²) >= 11 is 5.96. The molecular formula is C16H13ClF3NO. The zero-order valence-corrected chi connectivity index (χ0v) is 12.4. The summed E-state index contributed by atoms with van der Waals surface area (Å²) in [7, 11) is 0. The Bertz CT molecular complexity index is 683. The first kappa shape index (κ1) is 16.4. The van der Waals surface area contributed by atoms with Gasteiger partial charge in [0.1, 0.15) is 6.61 Å². The van der Waals surface area contributed by atoms with Crippen LogP contribution in [0.4, 0.5) is 13.2 Å². The molecule has 0 saturated heterocycles. The van der Waals surface area contributed by atoms with E-state index < -0.39 is 11.7 Å². The Labute approximate surface area is 131 Å². The van der Waals surface area contributed by atoms with Crippen molar-refractivity contribution in [1.82, 2.24) is 0 Å². The van der Waals surface area contributed by atoms with Crippen LogP contribution in [0.1, 0.15) is 23.6 Å². The highest BCUT2D eigenvalue weighted by Gasteiger charge is 2.33. The van der Waals surface area contributed by atoms with E-state index in [1.165, 1.54) is 25.1 Å². The first-order valence-electron chi connectivity index (χ1n) is 6.46. The molecule has 0 aliphatic rings. The van der Waals surface area contributed by atoms with Gasteiger partial charge in [-0.3, -0.25) is 0 Å². The molecule has 116 valence electrons. The lowest BCUT2D eigenvalue weighted by Gasteiger charge is -2.12. The Morgan fingerprint density at radius 3 is 2.41 bits per heavy atom. The number of halogens is 4. The van der Waals surface area contributed by atoms with Crippen molar-refractivity contribution in [2.24, 2.45) is 5.16 Å². The van der Waals surface area contributed by atoms with Gasteiger partial charge >= 0.3 is 6.18 Å². The van der Waals surface area contributed by atoms with E-state index in [9.17, 15) is 13.2 Å². The Balaban J connectivity index is 2.15. The van der Waals surface area contributed by atoms with Gasteiger partial charge in [0.2, 0.25) is 0 Å². The molecule has 0 aliphatic carbocycles. The molecule has 6 heteroatoms. The Morgan fingerprint density at radius 2 is 1.73 bits per heavy atom. The molecule has 0 aliphatic heterocycles. The van der Waals surface area contributed by atoms with Gasteiger partial charge in [-0.1, -0.05) is 53.2 Å². The second-order valence-electron chi connectivity index (χ2n) is 4.58. The van der Waals surface area contributed by atoms with E-state index in [1.54, 1.807) is 24.3 Å². The molecule has 0 N–H and O–H groups in total. The van der Waals surface area contributed by atoms with Crippen LogP contribution in [0.2, 0.25) is 5.02 Å². The molecule has 2 nitrogen and oxygen atoms in total. The second kappa shape index (κ2) is 6.83. The SMILES string of the molecule is C/C(=N\OCc1ccccc1Cl)c1ccccc1C(F)(F)F.